The summed E-state index contributed by atoms with van der Waals surface area (Å²) in [6, 6.07) is 0. The molecule has 0 saturated carbocycles. The maximum absolute atomic E-state index is 11.6. The molecule has 2 N–H and O–H groups in total. The monoisotopic (exact) mass is 314 g/mol. The number of carbonyl (C=O) groups excluding carboxylic acids is 3. The van der Waals surface area contributed by atoms with Crippen LogP contribution in [0.3, 0.4) is 0 Å². The summed E-state index contributed by atoms with van der Waals surface area (Å²) in [4.78, 5) is 38.7. The number of Topliss-reactive ketones (excluding diaryl/α,β-unsaturated/α-hetero) is 1. The second-order valence-corrected chi connectivity index (χ2v) is 5.91. The van der Waals surface area contributed by atoms with E-state index in [9.17, 15) is 14.4 Å². The molecule has 0 fully saturated rings. The highest BCUT2D eigenvalue weighted by atomic mass is 16.2. The SMILES string of the molecule is CN(C)CCCNC(=O)CC(=O)CC(=O)NCCCN(C)C. The van der Waals surface area contributed by atoms with Gasteiger partial charge in [0.1, 0.15) is 0 Å². The Labute approximate surface area is 133 Å². The van der Waals surface area contributed by atoms with Crippen LogP contribution in [0.2, 0.25) is 0 Å². The fourth-order valence-corrected chi connectivity index (χ4v) is 1.79. The van der Waals surface area contributed by atoms with Gasteiger partial charge in [-0.05, 0) is 54.1 Å². The summed E-state index contributed by atoms with van der Waals surface area (Å²) >= 11 is 0. The lowest BCUT2D eigenvalue weighted by atomic mass is 10.2. The van der Waals surface area contributed by atoms with Gasteiger partial charge in [0.25, 0.3) is 0 Å². The van der Waals surface area contributed by atoms with Crippen molar-refractivity contribution in [3.05, 3.63) is 0 Å². The predicted octanol–water partition coefficient (Wildman–Crippen LogP) is -0.528. The normalized spacial score (nSPS) is 10.8. The molecule has 0 aromatic rings. The van der Waals surface area contributed by atoms with Crippen molar-refractivity contribution in [3.8, 4) is 0 Å². The zero-order valence-corrected chi connectivity index (χ0v) is 14.3. The number of hydrogen-bond acceptors (Lipinski definition) is 5. The van der Waals surface area contributed by atoms with Crippen LogP contribution in [0, 0.1) is 0 Å². The molecule has 0 bridgehead atoms. The topological polar surface area (TPSA) is 81.8 Å². The first-order valence-electron chi connectivity index (χ1n) is 7.66. The summed E-state index contributed by atoms with van der Waals surface area (Å²) in [6.07, 6.45) is 1.21. The lowest BCUT2D eigenvalue weighted by Gasteiger charge is -2.10. The van der Waals surface area contributed by atoms with Gasteiger partial charge in [0, 0.05) is 13.1 Å². The molecular weight excluding hydrogens is 284 g/mol. The molecule has 0 rings (SSSR count). The van der Waals surface area contributed by atoms with E-state index < -0.39 is 0 Å². The molecule has 22 heavy (non-hydrogen) atoms. The van der Waals surface area contributed by atoms with E-state index in [1.54, 1.807) is 0 Å². The number of rotatable bonds is 12. The van der Waals surface area contributed by atoms with Crippen molar-refractivity contribution in [1.29, 1.82) is 0 Å². The van der Waals surface area contributed by atoms with Gasteiger partial charge in [-0.25, -0.2) is 0 Å². The Morgan fingerprint density at radius 3 is 1.41 bits per heavy atom. The number of carbonyl (C=O) groups is 3. The highest BCUT2D eigenvalue weighted by Gasteiger charge is 2.13. The van der Waals surface area contributed by atoms with Crippen molar-refractivity contribution in [2.24, 2.45) is 0 Å². The van der Waals surface area contributed by atoms with Gasteiger partial charge >= 0.3 is 0 Å². The molecular formula is C15H30N4O3. The van der Waals surface area contributed by atoms with E-state index in [0.717, 1.165) is 25.9 Å². The molecule has 0 aliphatic carbocycles. The molecule has 0 atom stereocenters. The zero-order valence-electron chi connectivity index (χ0n) is 14.3. The first-order valence-corrected chi connectivity index (χ1v) is 7.66. The van der Waals surface area contributed by atoms with Crippen molar-refractivity contribution < 1.29 is 14.4 Å². The van der Waals surface area contributed by atoms with Crippen LogP contribution in [0.4, 0.5) is 0 Å². The molecule has 128 valence electrons. The van der Waals surface area contributed by atoms with Crippen LogP contribution in [0.1, 0.15) is 25.7 Å². The van der Waals surface area contributed by atoms with Crippen LogP contribution in [-0.2, 0) is 14.4 Å². The summed E-state index contributed by atoms with van der Waals surface area (Å²) in [7, 11) is 7.84. The molecule has 0 aliphatic heterocycles. The lowest BCUT2D eigenvalue weighted by molar-refractivity contribution is -0.131. The van der Waals surface area contributed by atoms with Gasteiger partial charge in [0.15, 0.2) is 5.78 Å². The van der Waals surface area contributed by atoms with Gasteiger partial charge < -0.3 is 20.4 Å². The summed E-state index contributed by atoms with van der Waals surface area (Å²) in [5.74, 6) is -0.983. The van der Waals surface area contributed by atoms with Crippen molar-refractivity contribution >= 4 is 17.6 Å². The molecule has 2 amide bonds. The van der Waals surface area contributed by atoms with Crippen LogP contribution in [0.25, 0.3) is 0 Å². The summed E-state index contributed by atoms with van der Waals surface area (Å²) in [6.45, 7) is 2.84. The van der Waals surface area contributed by atoms with Gasteiger partial charge in [0.2, 0.25) is 11.8 Å². The second kappa shape index (κ2) is 12.1. The van der Waals surface area contributed by atoms with Crippen LogP contribution in [0.5, 0.6) is 0 Å². The second-order valence-electron chi connectivity index (χ2n) is 5.91. The summed E-state index contributed by atoms with van der Waals surface area (Å²) < 4.78 is 0. The van der Waals surface area contributed by atoms with Gasteiger partial charge in [0.05, 0.1) is 12.8 Å². The maximum Gasteiger partial charge on any atom is 0.227 e. The Kier molecular flexibility index (Phi) is 11.3. The molecule has 7 heteroatoms. The highest BCUT2D eigenvalue weighted by molar-refractivity contribution is 6.06. The van der Waals surface area contributed by atoms with Crippen molar-refractivity contribution in [2.45, 2.75) is 25.7 Å². The summed E-state index contributed by atoms with van der Waals surface area (Å²) in [5, 5.41) is 5.37. The number of hydrogen-bond donors (Lipinski definition) is 2. The molecule has 0 heterocycles. The smallest absolute Gasteiger partial charge is 0.227 e. The Morgan fingerprint density at radius 2 is 1.09 bits per heavy atom. The quantitative estimate of drug-likeness (QED) is 0.374. The number of nitrogens with one attached hydrogen (secondary N) is 2. The summed E-state index contributed by atoms with van der Waals surface area (Å²) in [5.41, 5.74) is 0. The van der Waals surface area contributed by atoms with Crippen LogP contribution < -0.4 is 10.6 Å². The molecule has 0 radical (unpaired) electrons. The maximum atomic E-state index is 11.6. The average Bonchev–Trinajstić information content (AvgIpc) is 2.39. The van der Waals surface area contributed by atoms with E-state index in [2.05, 4.69) is 10.6 Å². The standard InChI is InChI=1S/C15H30N4O3/c1-18(2)9-5-7-16-14(21)11-13(20)12-15(22)17-8-6-10-19(3)4/h5-12H2,1-4H3,(H,16,21)(H,17,22). The van der Waals surface area contributed by atoms with Gasteiger partial charge in [-0.2, -0.15) is 0 Å². The van der Waals surface area contributed by atoms with Crippen LogP contribution in [0.15, 0.2) is 0 Å². The Hall–Kier alpha value is -1.47. The van der Waals surface area contributed by atoms with E-state index in [4.69, 9.17) is 0 Å². The molecule has 0 spiro atoms. The number of nitrogens with zero attached hydrogens (tertiary/aromatic N) is 2. The third-order valence-electron chi connectivity index (χ3n) is 2.92. The zero-order chi connectivity index (χ0) is 17.0. The largest absolute Gasteiger partial charge is 0.356 e. The van der Waals surface area contributed by atoms with E-state index >= 15 is 0 Å². The Bertz CT molecular complexity index is 325. The molecule has 0 aliphatic rings. The van der Waals surface area contributed by atoms with E-state index in [-0.39, 0.29) is 30.4 Å². The lowest BCUT2D eigenvalue weighted by Crippen LogP contribution is -2.32. The first-order chi connectivity index (χ1) is 10.3. The fraction of sp³-hybridized carbons (Fsp3) is 0.800. The molecule has 0 saturated heterocycles. The van der Waals surface area contributed by atoms with Gasteiger partial charge in [-0.1, -0.05) is 0 Å². The van der Waals surface area contributed by atoms with E-state index in [1.165, 1.54) is 0 Å². The molecule has 0 aromatic heterocycles. The van der Waals surface area contributed by atoms with Crippen molar-refractivity contribution in [2.75, 3.05) is 54.4 Å². The first kappa shape index (κ1) is 20.5. The van der Waals surface area contributed by atoms with Crippen molar-refractivity contribution in [3.63, 3.8) is 0 Å². The number of amides is 2. The van der Waals surface area contributed by atoms with Gasteiger partial charge in [-0.3, -0.25) is 14.4 Å². The third-order valence-corrected chi connectivity index (χ3v) is 2.92. The van der Waals surface area contributed by atoms with Gasteiger partial charge in [-0.15, -0.1) is 0 Å². The number of ketones is 1. The Morgan fingerprint density at radius 1 is 0.727 bits per heavy atom. The minimum Gasteiger partial charge on any atom is -0.356 e. The fourth-order valence-electron chi connectivity index (χ4n) is 1.79. The van der Waals surface area contributed by atoms with E-state index in [1.807, 2.05) is 38.0 Å². The van der Waals surface area contributed by atoms with Crippen LogP contribution >= 0.6 is 0 Å². The molecule has 7 nitrogen and oxygen atoms in total. The van der Waals surface area contributed by atoms with Crippen LogP contribution in [-0.4, -0.2) is 81.8 Å². The third kappa shape index (κ3) is 13.5. The average molecular weight is 314 g/mol. The minimum absolute atomic E-state index is 0.229. The highest BCUT2D eigenvalue weighted by Crippen LogP contribution is 1.92. The minimum atomic E-state index is -0.352. The van der Waals surface area contributed by atoms with E-state index in [0.29, 0.717) is 13.1 Å². The predicted molar refractivity (Wildman–Crippen MR) is 86.6 cm³/mol. The molecule has 0 aromatic carbocycles. The molecule has 0 unspecified atom stereocenters. The Balaban J connectivity index is 3.69. The van der Waals surface area contributed by atoms with Crippen molar-refractivity contribution in [1.82, 2.24) is 20.4 Å².